The van der Waals surface area contributed by atoms with Crippen LogP contribution in [0.25, 0.3) is 11.1 Å². The number of amides is 1. The van der Waals surface area contributed by atoms with Gasteiger partial charge in [0.05, 0.1) is 17.1 Å². The Balaban J connectivity index is 1.50. The van der Waals surface area contributed by atoms with Crippen molar-refractivity contribution in [1.82, 2.24) is 19.6 Å². The summed E-state index contributed by atoms with van der Waals surface area (Å²) < 4.78 is 92.3. The zero-order valence-corrected chi connectivity index (χ0v) is 19.6. The first-order valence-corrected chi connectivity index (χ1v) is 12.2. The fourth-order valence-corrected chi connectivity index (χ4v) is 5.48. The van der Waals surface area contributed by atoms with Crippen molar-refractivity contribution in [2.45, 2.75) is 36.3 Å². The zero-order valence-electron chi connectivity index (χ0n) is 18.8. The van der Waals surface area contributed by atoms with Crippen molar-refractivity contribution in [1.29, 1.82) is 0 Å². The number of hydrogen-bond donors (Lipinski definition) is 2. The molecule has 14 heteroatoms. The molecule has 0 unspecified atom stereocenters. The van der Waals surface area contributed by atoms with Crippen LogP contribution in [0.5, 0.6) is 5.88 Å². The molecule has 2 N–H and O–H groups in total. The molecule has 1 aliphatic heterocycles. The van der Waals surface area contributed by atoms with E-state index in [1.54, 1.807) is 0 Å². The molecule has 4 rings (SSSR count). The van der Waals surface area contributed by atoms with Gasteiger partial charge in [0, 0.05) is 30.8 Å². The largest absolute Gasteiger partial charge is 0.493 e. The number of aromatic nitrogens is 2. The van der Waals surface area contributed by atoms with Crippen LogP contribution in [0, 0.1) is 5.82 Å². The van der Waals surface area contributed by atoms with Crippen LogP contribution in [0.2, 0.25) is 0 Å². The number of nitrogens with one attached hydrogen (secondary N) is 1. The van der Waals surface area contributed by atoms with Crippen molar-refractivity contribution in [2.24, 2.45) is 0 Å². The number of pyridine rings is 2. The summed E-state index contributed by atoms with van der Waals surface area (Å²) in [5.41, 5.74) is -0.482. The predicted molar refractivity (Wildman–Crippen MR) is 120 cm³/mol. The Hall–Kier alpha value is -3.65. The van der Waals surface area contributed by atoms with E-state index in [1.807, 2.05) is 0 Å². The van der Waals surface area contributed by atoms with Gasteiger partial charge >= 0.3 is 6.18 Å². The van der Waals surface area contributed by atoms with E-state index in [4.69, 9.17) is 0 Å². The van der Waals surface area contributed by atoms with E-state index >= 15 is 0 Å². The predicted octanol–water partition coefficient (Wildman–Crippen LogP) is 3.42. The Bertz CT molecular complexity index is 1400. The average molecular weight is 542 g/mol. The SMILES string of the molecule is O=C(NCc1cc(-c2ccc(C(F)(F)F)nc2)cc(O)n1)[C@@H]1C[C@@H](F)CN1S(=O)(=O)c1ccc(F)cc1. The molecule has 1 aliphatic rings. The van der Waals surface area contributed by atoms with Crippen LogP contribution in [0.1, 0.15) is 17.8 Å². The number of sulfonamides is 1. The summed E-state index contributed by atoms with van der Waals surface area (Å²) in [6, 6.07) is 7.02. The number of halogens is 5. The molecule has 2 aromatic heterocycles. The third-order valence-corrected chi connectivity index (χ3v) is 7.51. The maximum absolute atomic E-state index is 14.2. The lowest BCUT2D eigenvalue weighted by atomic mass is 10.1. The molecule has 1 fully saturated rings. The molecule has 1 aromatic carbocycles. The Morgan fingerprint density at radius 1 is 1.11 bits per heavy atom. The second-order valence-electron chi connectivity index (χ2n) is 8.23. The Morgan fingerprint density at radius 2 is 1.81 bits per heavy atom. The van der Waals surface area contributed by atoms with Gasteiger partial charge in [0.25, 0.3) is 0 Å². The standard InChI is InChI=1S/C23H19F5N4O4S/c24-15-2-4-18(5-3-15)37(35,36)32-12-16(25)9-19(32)22(34)30-11-17-7-14(8-21(33)31-17)13-1-6-20(29-10-13)23(26,27)28/h1-8,10,16,19H,9,11-12H2,(H,30,34)(H,31,33)/t16-,19+/m1/s1. The number of benzene rings is 1. The molecule has 2 atom stereocenters. The number of alkyl halides is 4. The van der Waals surface area contributed by atoms with Gasteiger partial charge in [-0.3, -0.25) is 9.78 Å². The summed E-state index contributed by atoms with van der Waals surface area (Å²) in [5.74, 6) is -1.97. The Morgan fingerprint density at radius 3 is 2.43 bits per heavy atom. The van der Waals surface area contributed by atoms with E-state index in [0.717, 1.165) is 42.6 Å². The first-order valence-electron chi connectivity index (χ1n) is 10.8. The van der Waals surface area contributed by atoms with Crippen molar-refractivity contribution in [2.75, 3.05) is 6.54 Å². The molecular formula is C23H19F5N4O4S. The number of aromatic hydroxyl groups is 1. The van der Waals surface area contributed by atoms with Gasteiger partial charge in [0.15, 0.2) is 0 Å². The number of carbonyl (C=O) groups excluding carboxylic acids is 1. The second-order valence-corrected chi connectivity index (χ2v) is 10.1. The maximum atomic E-state index is 14.2. The van der Waals surface area contributed by atoms with Gasteiger partial charge in [-0.25, -0.2) is 22.2 Å². The van der Waals surface area contributed by atoms with E-state index in [0.29, 0.717) is 4.31 Å². The minimum atomic E-state index is -4.62. The molecule has 37 heavy (non-hydrogen) atoms. The smallest absolute Gasteiger partial charge is 0.433 e. The normalized spacial score (nSPS) is 18.6. The minimum Gasteiger partial charge on any atom is -0.493 e. The third-order valence-electron chi connectivity index (χ3n) is 5.62. The van der Waals surface area contributed by atoms with Crippen LogP contribution < -0.4 is 5.32 Å². The summed E-state index contributed by atoms with van der Waals surface area (Å²) in [4.78, 5) is 19.7. The second kappa shape index (κ2) is 10.0. The summed E-state index contributed by atoms with van der Waals surface area (Å²) in [7, 11) is -4.31. The summed E-state index contributed by atoms with van der Waals surface area (Å²) >= 11 is 0. The van der Waals surface area contributed by atoms with E-state index in [-0.39, 0.29) is 28.3 Å². The lowest BCUT2D eigenvalue weighted by molar-refractivity contribution is -0.141. The highest BCUT2D eigenvalue weighted by Gasteiger charge is 2.44. The molecule has 0 spiro atoms. The molecule has 1 saturated heterocycles. The molecule has 1 amide bonds. The average Bonchev–Trinajstić information content (AvgIpc) is 3.25. The van der Waals surface area contributed by atoms with Gasteiger partial charge < -0.3 is 10.4 Å². The van der Waals surface area contributed by atoms with Gasteiger partial charge in [0.2, 0.25) is 21.8 Å². The monoisotopic (exact) mass is 542 g/mol. The first kappa shape index (κ1) is 26.4. The van der Waals surface area contributed by atoms with Gasteiger partial charge in [-0.15, -0.1) is 0 Å². The number of hydrogen-bond acceptors (Lipinski definition) is 6. The van der Waals surface area contributed by atoms with E-state index in [9.17, 15) is 40.3 Å². The van der Waals surface area contributed by atoms with Gasteiger partial charge in [-0.1, -0.05) is 6.07 Å². The Kier molecular flexibility index (Phi) is 7.15. The van der Waals surface area contributed by atoms with Gasteiger partial charge in [-0.05, 0) is 42.0 Å². The van der Waals surface area contributed by atoms with Crippen LogP contribution in [-0.2, 0) is 27.5 Å². The fraction of sp³-hybridized carbons (Fsp3) is 0.261. The molecular weight excluding hydrogens is 523 g/mol. The van der Waals surface area contributed by atoms with E-state index in [2.05, 4.69) is 15.3 Å². The highest BCUT2D eigenvalue weighted by atomic mass is 32.2. The minimum absolute atomic E-state index is 0.103. The molecule has 0 radical (unpaired) electrons. The fourth-order valence-electron chi connectivity index (χ4n) is 3.86. The summed E-state index contributed by atoms with van der Waals surface area (Å²) in [6.45, 7) is -0.862. The third kappa shape index (κ3) is 5.85. The van der Waals surface area contributed by atoms with Crippen LogP contribution in [0.15, 0.2) is 59.6 Å². The number of rotatable bonds is 6. The lowest BCUT2D eigenvalue weighted by Gasteiger charge is -2.23. The van der Waals surface area contributed by atoms with Crippen LogP contribution in [0.3, 0.4) is 0 Å². The first-order chi connectivity index (χ1) is 17.3. The van der Waals surface area contributed by atoms with Crippen molar-refractivity contribution >= 4 is 15.9 Å². The lowest BCUT2D eigenvalue weighted by Crippen LogP contribution is -2.45. The molecule has 8 nitrogen and oxygen atoms in total. The molecule has 3 heterocycles. The van der Waals surface area contributed by atoms with Crippen molar-refractivity contribution in [3.63, 3.8) is 0 Å². The highest BCUT2D eigenvalue weighted by molar-refractivity contribution is 7.89. The zero-order chi connectivity index (χ0) is 27.0. The highest BCUT2D eigenvalue weighted by Crippen LogP contribution is 2.30. The molecule has 0 saturated carbocycles. The van der Waals surface area contributed by atoms with Gasteiger partial charge in [0.1, 0.15) is 23.7 Å². The molecule has 0 aliphatic carbocycles. The quantitative estimate of drug-likeness (QED) is 0.462. The van der Waals surface area contributed by atoms with E-state index in [1.165, 1.54) is 12.1 Å². The Labute approximate surface area is 207 Å². The number of nitrogens with zero attached hydrogens (tertiary/aromatic N) is 3. The molecule has 0 bridgehead atoms. The summed E-state index contributed by atoms with van der Waals surface area (Å²) in [6.07, 6.45) is -5.66. The van der Waals surface area contributed by atoms with Crippen molar-refractivity contribution in [3.8, 4) is 17.0 Å². The summed E-state index contributed by atoms with van der Waals surface area (Å²) in [5, 5.41) is 12.4. The van der Waals surface area contributed by atoms with Crippen LogP contribution in [-0.4, -0.2) is 52.5 Å². The molecule has 3 aromatic rings. The van der Waals surface area contributed by atoms with Crippen molar-refractivity contribution in [3.05, 3.63) is 71.9 Å². The molecule has 196 valence electrons. The number of carbonyl (C=O) groups is 1. The van der Waals surface area contributed by atoms with Crippen LogP contribution in [0.4, 0.5) is 22.0 Å². The van der Waals surface area contributed by atoms with Gasteiger partial charge in [-0.2, -0.15) is 17.5 Å². The van der Waals surface area contributed by atoms with Crippen LogP contribution >= 0.6 is 0 Å². The van der Waals surface area contributed by atoms with Crippen molar-refractivity contribution < 1.29 is 40.3 Å². The maximum Gasteiger partial charge on any atom is 0.433 e. The van der Waals surface area contributed by atoms with E-state index < -0.39 is 64.7 Å². The topological polar surface area (TPSA) is 112 Å².